The van der Waals surface area contributed by atoms with Gasteiger partial charge in [0, 0.05) is 24.6 Å². The lowest BCUT2D eigenvalue weighted by atomic mass is 9.96. The molecule has 1 heterocycles. The van der Waals surface area contributed by atoms with Crippen LogP contribution in [0.25, 0.3) is 0 Å². The van der Waals surface area contributed by atoms with E-state index < -0.39 is 0 Å². The Labute approximate surface area is 120 Å². The quantitative estimate of drug-likeness (QED) is 0.849. The number of amides is 1. The predicted molar refractivity (Wildman–Crippen MR) is 81.7 cm³/mol. The van der Waals surface area contributed by atoms with E-state index in [-0.39, 0.29) is 17.9 Å². The number of hydrogen-bond acceptors (Lipinski definition) is 5. The number of nitrogens with two attached hydrogens (primary N) is 1. The molecule has 1 amide bonds. The fourth-order valence-electron chi connectivity index (χ4n) is 1.73. The van der Waals surface area contributed by atoms with Crippen LogP contribution in [0.3, 0.4) is 0 Å². The molecule has 112 valence electrons. The number of rotatable bonds is 5. The molecule has 0 aliphatic carbocycles. The third kappa shape index (κ3) is 4.36. The van der Waals surface area contributed by atoms with Crippen LogP contribution < -0.4 is 16.0 Å². The highest BCUT2D eigenvalue weighted by molar-refractivity contribution is 5.81. The van der Waals surface area contributed by atoms with Gasteiger partial charge < -0.3 is 16.0 Å². The molecule has 3 N–H and O–H groups in total. The van der Waals surface area contributed by atoms with Crippen molar-refractivity contribution >= 4 is 17.5 Å². The van der Waals surface area contributed by atoms with Crippen molar-refractivity contribution in [3.63, 3.8) is 0 Å². The molecular formula is C14H25N5O. The van der Waals surface area contributed by atoms with E-state index in [4.69, 9.17) is 5.73 Å². The molecule has 1 aromatic heterocycles. The summed E-state index contributed by atoms with van der Waals surface area (Å²) in [6, 6.07) is 1.71. The number of nitrogens with zero attached hydrogens (tertiary/aromatic N) is 3. The van der Waals surface area contributed by atoms with Gasteiger partial charge in [-0.15, -0.1) is 0 Å². The fourth-order valence-corrected chi connectivity index (χ4v) is 1.73. The molecule has 0 aromatic carbocycles. The molecule has 20 heavy (non-hydrogen) atoms. The number of likely N-dealkylation sites (N-methyl/N-ethyl adjacent to an activating group) is 2. The third-order valence-electron chi connectivity index (χ3n) is 2.82. The number of anilines is 2. The zero-order valence-electron chi connectivity index (χ0n) is 13.0. The summed E-state index contributed by atoms with van der Waals surface area (Å²) in [5.41, 5.74) is 5.67. The number of hydrogen-bond donors (Lipinski definition) is 2. The molecule has 0 unspecified atom stereocenters. The summed E-state index contributed by atoms with van der Waals surface area (Å²) < 4.78 is 0. The van der Waals surface area contributed by atoms with Crippen LogP contribution in [-0.4, -0.2) is 35.5 Å². The zero-order chi connectivity index (χ0) is 15.3. The van der Waals surface area contributed by atoms with Crippen molar-refractivity contribution in [2.24, 2.45) is 0 Å². The largest absolute Gasteiger partial charge is 0.384 e. The average Bonchev–Trinajstić information content (AvgIpc) is 2.34. The lowest BCUT2D eigenvalue weighted by Gasteiger charge is -2.24. The van der Waals surface area contributed by atoms with Crippen molar-refractivity contribution < 1.29 is 4.79 Å². The second kappa shape index (κ2) is 6.54. The summed E-state index contributed by atoms with van der Waals surface area (Å²) in [7, 11) is 0. The molecule has 0 saturated heterocycles. The SMILES string of the molecule is CCNC(=O)CN(CC)c1cc(N)nc(C(C)(C)C)n1. The monoisotopic (exact) mass is 279 g/mol. The van der Waals surface area contributed by atoms with Gasteiger partial charge in [0.05, 0.1) is 6.54 Å². The molecule has 0 atom stereocenters. The first-order chi connectivity index (χ1) is 9.27. The number of nitrogens with one attached hydrogen (secondary N) is 1. The molecular weight excluding hydrogens is 254 g/mol. The second-order valence-corrected chi connectivity index (χ2v) is 5.69. The van der Waals surface area contributed by atoms with Crippen LogP contribution in [0.2, 0.25) is 0 Å². The van der Waals surface area contributed by atoms with Crippen LogP contribution in [0, 0.1) is 0 Å². The lowest BCUT2D eigenvalue weighted by Crippen LogP contribution is -2.38. The predicted octanol–water partition coefficient (Wildman–Crippen LogP) is 1.32. The summed E-state index contributed by atoms with van der Waals surface area (Å²) in [6.45, 7) is 11.5. The second-order valence-electron chi connectivity index (χ2n) is 5.69. The highest BCUT2D eigenvalue weighted by Crippen LogP contribution is 2.22. The number of aromatic nitrogens is 2. The van der Waals surface area contributed by atoms with E-state index in [0.29, 0.717) is 30.5 Å². The number of carbonyl (C=O) groups is 1. The first kappa shape index (κ1) is 16.2. The van der Waals surface area contributed by atoms with E-state index in [1.54, 1.807) is 6.07 Å². The molecule has 1 rings (SSSR count). The Morgan fingerprint density at radius 1 is 1.35 bits per heavy atom. The highest BCUT2D eigenvalue weighted by Gasteiger charge is 2.20. The lowest BCUT2D eigenvalue weighted by molar-refractivity contribution is -0.119. The van der Waals surface area contributed by atoms with Gasteiger partial charge in [0.25, 0.3) is 0 Å². The van der Waals surface area contributed by atoms with Gasteiger partial charge in [0.2, 0.25) is 5.91 Å². The van der Waals surface area contributed by atoms with E-state index in [9.17, 15) is 4.79 Å². The van der Waals surface area contributed by atoms with Crippen molar-refractivity contribution in [3.8, 4) is 0 Å². The van der Waals surface area contributed by atoms with E-state index >= 15 is 0 Å². The van der Waals surface area contributed by atoms with Gasteiger partial charge in [0.1, 0.15) is 17.5 Å². The first-order valence-corrected chi connectivity index (χ1v) is 6.94. The highest BCUT2D eigenvalue weighted by atomic mass is 16.2. The van der Waals surface area contributed by atoms with Gasteiger partial charge in [-0.1, -0.05) is 20.8 Å². The molecule has 0 radical (unpaired) electrons. The van der Waals surface area contributed by atoms with Crippen LogP contribution in [0.5, 0.6) is 0 Å². The minimum atomic E-state index is -0.185. The molecule has 0 aliphatic rings. The molecule has 0 spiro atoms. The summed E-state index contributed by atoms with van der Waals surface area (Å²) in [5.74, 6) is 1.77. The average molecular weight is 279 g/mol. The van der Waals surface area contributed by atoms with Crippen molar-refractivity contribution in [3.05, 3.63) is 11.9 Å². The Morgan fingerprint density at radius 2 is 2.00 bits per heavy atom. The Kier molecular flexibility index (Phi) is 5.30. The van der Waals surface area contributed by atoms with Gasteiger partial charge in [-0.3, -0.25) is 4.79 Å². The number of carbonyl (C=O) groups excluding carboxylic acids is 1. The Morgan fingerprint density at radius 3 is 2.50 bits per heavy atom. The normalized spacial score (nSPS) is 11.2. The molecule has 0 aliphatic heterocycles. The molecule has 1 aromatic rings. The standard InChI is InChI=1S/C14H25N5O/c1-6-16-12(20)9-19(7-2)11-8-10(15)17-13(18-11)14(3,4)5/h8H,6-7,9H2,1-5H3,(H,16,20)(H2,15,17,18). The van der Waals surface area contributed by atoms with Crippen LogP contribution >= 0.6 is 0 Å². The van der Waals surface area contributed by atoms with Gasteiger partial charge >= 0.3 is 0 Å². The molecule has 0 fully saturated rings. The minimum absolute atomic E-state index is 0.0242. The summed E-state index contributed by atoms with van der Waals surface area (Å²) >= 11 is 0. The van der Waals surface area contributed by atoms with Gasteiger partial charge in [-0.05, 0) is 13.8 Å². The summed E-state index contributed by atoms with van der Waals surface area (Å²) in [4.78, 5) is 22.4. The van der Waals surface area contributed by atoms with Crippen LogP contribution in [0.4, 0.5) is 11.6 Å². The first-order valence-electron chi connectivity index (χ1n) is 6.94. The van der Waals surface area contributed by atoms with Crippen molar-refractivity contribution in [2.75, 3.05) is 30.3 Å². The van der Waals surface area contributed by atoms with Gasteiger partial charge in [-0.25, -0.2) is 9.97 Å². The third-order valence-corrected chi connectivity index (χ3v) is 2.82. The van der Waals surface area contributed by atoms with E-state index in [1.165, 1.54) is 0 Å². The maximum absolute atomic E-state index is 11.7. The van der Waals surface area contributed by atoms with Crippen LogP contribution in [0.1, 0.15) is 40.4 Å². The van der Waals surface area contributed by atoms with Gasteiger partial charge in [0.15, 0.2) is 0 Å². The van der Waals surface area contributed by atoms with E-state index in [2.05, 4.69) is 15.3 Å². The van der Waals surface area contributed by atoms with Crippen molar-refractivity contribution in [1.29, 1.82) is 0 Å². The summed E-state index contributed by atoms with van der Waals surface area (Å²) in [6.07, 6.45) is 0. The Hall–Kier alpha value is -1.85. The van der Waals surface area contributed by atoms with Crippen LogP contribution in [0.15, 0.2) is 6.07 Å². The maximum Gasteiger partial charge on any atom is 0.239 e. The van der Waals surface area contributed by atoms with E-state index in [0.717, 1.165) is 0 Å². The fraction of sp³-hybridized carbons (Fsp3) is 0.643. The zero-order valence-corrected chi connectivity index (χ0v) is 13.0. The smallest absolute Gasteiger partial charge is 0.239 e. The topological polar surface area (TPSA) is 84.1 Å². The number of nitrogen functional groups attached to an aromatic ring is 1. The van der Waals surface area contributed by atoms with Gasteiger partial charge in [-0.2, -0.15) is 0 Å². The maximum atomic E-state index is 11.7. The molecule has 6 heteroatoms. The van der Waals surface area contributed by atoms with Crippen molar-refractivity contribution in [2.45, 2.75) is 40.0 Å². The molecule has 0 bridgehead atoms. The molecule has 0 saturated carbocycles. The summed E-state index contributed by atoms with van der Waals surface area (Å²) in [5, 5.41) is 2.78. The Balaban J connectivity index is 3.03. The van der Waals surface area contributed by atoms with Crippen LogP contribution in [-0.2, 0) is 10.2 Å². The van der Waals surface area contributed by atoms with E-state index in [1.807, 2.05) is 39.5 Å². The van der Waals surface area contributed by atoms with Crippen molar-refractivity contribution in [1.82, 2.24) is 15.3 Å². The minimum Gasteiger partial charge on any atom is -0.384 e. The molecule has 6 nitrogen and oxygen atoms in total. The Bertz CT molecular complexity index is 467.